The van der Waals surface area contributed by atoms with Crippen molar-refractivity contribution in [3.8, 4) is 11.8 Å². The van der Waals surface area contributed by atoms with E-state index in [4.69, 9.17) is 4.74 Å². The lowest BCUT2D eigenvalue weighted by Gasteiger charge is -2.13. The maximum Gasteiger partial charge on any atom is 0.266 e. The summed E-state index contributed by atoms with van der Waals surface area (Å²) in [7, 11) is 1.54. The van der Waals surface area contributed by atoms with Crippen LogP contribution in [-0.4, -0.2) is 13.0 Å². The Morgan fingerprint density at radius 2 is 1.90 bits per heavy atom. The number of amides is 1. The molecule has 0 aromatic heterocycles. The van der Waals surface area contributed by atoms with Gasteiger partial charge in [0.1, 0.15) is 23.2 Å². The molecule has 3 rings (SSSR count). The molecule has 0 aliphatic heterocycles. The highest BCUT2D eigenvalue weighted by atomic mass is 79.9. The summed E-state index contributed by atoms with van der Waals surface area (Å²) in [6.45, 7) is 0. The summed E-state index contributed by atoms with van der Waals surface area (Å²) in [5.74, 6) is -0.248. The summed E-state index contributed by atoms with van der Waals surface area (Å²) in [4.78, 5) is 12.5. The van der Waals surface area contributed by atoms with Crippen molar-refractivity contribution in [1.82, 2.24) is 0 Å². The number of nitrogens with zero attached hydrogens (tertiary/aromatic N) is 1. The molecule has 0 fully saturated rings. The molecule has 1 amide bonds. The van der Waals surface area contributed by atoms with Gasteiger partial charge in [0, 0.05) is 26.6 Å². The smallest absolute Gasteiger partial charge is 0.266 e. The number of hydrogen-bond acceptors (Lipinski definition) is 3. The fraction of sp³-hybridized carbons (Fsp3) is 0.0833. The Morgan fingerprint density at radius 3 is 2.55 bits per heavy atom. The first-order valence-corrected chi connectivity index (χ1v) is 10.8. The van der Waals surface area contributed by atoms with Gasteiger partial charge in [-0.1, -0.05) is 44.0 Å². The SMILES string of the molecule is COc1cc(/C=C(\C#N)C(=O)Nc2ccc(Br)cc2)cc(Br)c1Cc1cccc(F)c1. The number of nitrogens with one attached hydrogen (secondary N) is 1. The summed E-state index contributed by atoms with van der Waals surface area (Å²) in [6.07, 6.45) is 1.95. The van der Waals surface area contributed by atoms with Crippen molar-refractivity contribution >= 4 is 49.5 Å². The minimum Gasteiger partial charge on any atom is -0.496 e. The van der Waals surface area contributed by atoms with Crippen molar-refractivity contribution in [2.45, 2.75) is 6.42 Å². The second-order valence-corrected chi connectivity index (χ2v) is 8.39. The number of halogens is 3. The molecule has 0 aliphatic carbocycles. The Morgan fingerprint density at radius 1 is 1.16 bits per heavy atom. The van der Waals surface area contributed by atoms with Crippen LogP contribution in [0.3, 0.4) is 0 Å². The molecule has 1 N–H and O–H groups in total. The summed E-state index contributed by atoms with van der Waals surface area (Å²) >= 11 is 6.87. The zero-order chi connectivity index (χ0) is 22.4. The van der Waals surface area contributed by atoms with Crippen LogP contribution in [0.2, 0.25) is 0 Å². The maximum absolute atomic E-state index is 13.5. The van der Waals surface area contributed by atoms with Crippen LogP contribution < -0.4 is 10.1 Å². The molecule has 156 valence electrons. The molecule has 7 heteroatoms. The van der Waals surface area contributed by atoms with Crippen molar-refractivity contribution < 1.29 is 13.9 Å². The lowest BCUT2D eigenvalue weighted by molar-refractivity contribution is -0.112. The third-order valence-corrected chi connectivity index (χ3v) is 5.68. The fourth-order valence-corrected chi connectivity index (χ4v) is 3.83. The molecule has 0 atom stereocenters. The van der Waals surface area contributed by atoms with Gasteiger partial charge in [-0.2, -0.15) is 5.26 Å². The summed E-state index contributed by atoms with van der Waals surface area (Å²) in [5.41, 5.74) is 2.79. The minimum atomic E-state index is -0.510. The monoisotopic (exact) mass is 542 g/mol. The number of carbonyl (C=O) groups is 1. The molecule has 4 nitrogen and oxygen atoms in total. The lowest BCUT2D eigenvalue weighted by atomic mass is 10.0. The van der Waals surface area contributed by atoms with E-state index in [0.717, 1.165) is 20.1 Å². The number of nitriles is 1. The highest BCUT2D eigenvalue weighted by Gasteiger charge is 2.14. The van der Waals surface area contributed by atoms with E-state index in [0.29, 0.717) is 23.4 Å². The first-order chi connectivity index (χ1) is 14.9. The Labute approximate surface area is 196 Å². The number of ether oxygens (including phenoxy) is 1. The zero-order valence-electron chi connectivity index (χ0n) is 16.5. The maximum atomic E-state index is 13.5. The van der Waals surface area contributed by atoms with Crippen molar-refractivity contribution in [3.63, 3.8) is 0 Å². The largest absolute Gasteiger partial charge is 0.496 e. The topological polar surface area (TPSA) is 62.1 Å². The van der Waals surface area contributed by atoms with E-state index in [9.17, 15) is 14.4 Å². The van der Waals surface area contributed by atoms with Gasteiger partial charge in [0.2, 0.25) is 0 Å². The van der Waals surface area contributed by atoms with Gasteiger partial charge in [0.25, 0.3) is 5.91 Å². The average Bonchev–Trinajstić information content (AvgIpc) is 2.75. The average molecular weight is 544 g/mol. The van der Waals surface area contributed by atoms with Gasteiger partial charge in [-0.15, -0.1) is 0 Å². The molecule has 0 saturated carbocycles. The van der Waals surface area contributed by atoms with Crippen molar-refractivity contribution in [1.29, 1.82) is 5.26 Å². The van der Waals surface area contributed by atoms with Gasteiger partial charge < -0.3 is 10.1 Å². The van der Waals surface area contributed by atoms with E-state index in [1.54, 1.807) is 42.5 Å². The van der Waals surface area contributed by atoms with E-state index in [1.165, 1.54) is 25.3 Å². The van der Waals surface area contributed by atoms with Crippen LogP contribution in [-0.2, 0) is 11.2 Å². The fourth-order valence-electron chi connectivity index (χ4n) is 2.97. The van der Waals surface area contributed by atoms with Crippen LogP contribution in [0.1, 0.15) is 16.7 Å². The van der Waals surface area contributed by atoms with Crippen LogP contribution in [0.15, 0.2) is 75.2 Å². The molecule has 0 aliphatic rings. The van der Waals surface area contributed by atoms with Crippen LogP contribution >= 0.6 is 31.9 Å². The molecule has 3 aromatic carbocycles. The second-order valence-electron chi connectivity index (χ2n) is 6.62. The number of carbonyl (C=O) groups excluding carboxylic acids is 1. The van der Waals surface area contributed by atoms with Gasteiger partial charge in [-0.25, -0.2) is 4.39 Å². The van der Waals surface area contributed by atoms with Crippen molar-refractivity contribution in [2.24, 2.45) is 0 Å². The van der Waals surface area contributed by atoms with E-state index < -0.39 is 5.91 Å². The molecule has 0 radical (unpaired) electrons. The van der Waals surface area contributed by atoms with E-state index in [2.05, 4.69) is 37.2 Å². The van der Waals surface area contributed by atoms with Gasteiger partial charge >= 0.3 is 0 Å². The summed E-state index contributed by atoms with van der Waals surface area (Å²) in [5, 5.41) is 12.2. The molecule has 3 aromatic rings. The first kappa shape index (κ1) is 22.7. The number of methoxy groups -OCH3 is 1. The Hall–Kier alpha value is -2.95. The number of anilines is 1. The molecule has 31 heavy (non-hydrogen) atoms. The van der Waals surface area contributed by atoms with Gasteiger partial charge in [0.15, 0.2) is 0 Å². The van der Waals surface area contributed by atoms with Crippen LogP contribution in [0.25, 0.3) is 6.08 Å². The molecular weight excluding hydrogens is 527 g/mol. The normalized spacial score (nSPS) is 11.0. The predicted octanol–water partition coefficient (Wildman–Crippen LogP) is 6.50. The molecule has 0 bridgehead atoms. The minimum absolute atomic E-state index is 0.0465. The lowest BCUT2D eigenvalue weighted by Crippen LogP contribution is -2.13. The molecule has 0 heterocycles. The Bertz CT molecular complexity index is 1190. The Kier molecular flexibility index (Phi) is 7.61. The zero-order valence-corrected chi connectivity index (χ0v) is 19.6. The van der Waals surface area contributed by atoms with Gasteiger partial charge in [-0.3, -0.25) is 4.79 Å². The molecular formula is C24H17Br2FN2O2. The summed E-state index contributed by atoms with van der Waals surface area (Å²) < 4.78 is 20.7. The third-order valence-electron chi connectivity index (χ3n) is 4.44. The van der Waals surface area contributed by atoms with Crippen LogP contribution in [0, 0.1) is 17.1 Å². The van der Waals surface area contributed by atoms with Gasteiger partial charge in [0.05, 0.1) is 7.11 Å². The van der Waals surface area contributed by atoms with E-state index in [-0.39, 0.29) is 11.4 Å². The van der Waals surface area contributed by atoms with Crippen LogP contribution in [0.5, 0.6) is 5.75 Å². The number of rotatable bonds is 6. The third kappa shape index (κ3) is 6.03. The molecule has 0 unspecified atom stereocenters. The standard InChI is InChI=1S/C24H17Br2FN2O2/c1-31-23-13-16(12-22(26)21(23)11-15-3-2-4-19(27)10-15)9-17(14-28)24(30)29-20-7-5-18(25)6-8-20/h2-10,12-13H,11H2,1H3,(H,29,30)/b17-9+. The predicted molar refractivity (Wildman–Crippen MR) is 126 cm³/mol. The van der Waals surface area contributed by atoms with Crippen LogP contribution in [0.4, 0.5) is 10.1 Å². The van der Waals surface area contributed by atoms with E-state index in [1.807, 2.05) is 12.1 Å². The first-order valence-electron chi connectivity index (χ1n) is 9.19. The van der Waals surface area contributed by atoms with Gasteiger partial charge in [-0.05, 0) is 65.7 Å². The van der Waals surface area contributed by atoms with Crippen molar-refractivity contribution in [3.05, 3.63) is 97.7 Å². The highest BCUT2D eigenvalue weighted by Crippen LogP contribution is 2.32. The Balaban J connectivity index is 1.88. The number of hydrogen-bond donors (Lipinski definition) is 1. The number of benzene rings is 3. The molecule has 0 spiro atoms. The van der Waals surface area contributed by atoms with E-state index >= 15 is 0 Å². The highest BCUT2D eigenvalue weighted by molar-refractivity contribution is 9.10. The second kappa shape index (κ2) is 10.4. The van der Waals surface area contributed by atoms with Crippen molar-refractivity contribution in [2.75, 3.05) is 12.4 Å². The summed E-state index contributed by atoms with van der Waals surface area (Å²) in [6, 6.07) is 18.9. The molecule has 0 saturated heterocycles. The quantitative estimate of drug-likeness (QED) is 0.285.